The molecule has 0 bridgehead atoms. The number of likely N-dealkylation sites (tertiary alicyclic amines) is 1. The van der Waals surface area contributed by atoms with Gasteiger partial charge in [-0.2, -0.15) is 4.68 Å². The van der Waals surface area contributed by atoms with Gasteiger partial charge in [0.1, 0.15) is 0 Å². The molecule has 0 spiro atoms. The van der Waals surface area contributed by atoms with Gasteiger partial charge in [-0.15, -0.1) is 5.10 Å². The largest absolute Gasteiger partial charge is 0.393 e. The Hall–Kier alpha value is -1.79. The fraction of sp³-hybridized carbons (Fsp3) is 0.500. The van der Waals surface area contributed by atoms with Crippen LogP contribution in [0.1, 0.15) is 19.2 Å². The summed E-state index contributed by atoms with van der Waals surface area (Å²) in [5.74, 6) is 1.13. The number of tetrazole rings is 1. The number of hydrogen-bond acceptors (Lipinski definition) is 5. The van der Waals surface area contributed by atoms with Crippen LogP contribution in [-0.2, 0) is 6.54 Å². The van der Waals surface area contributed by atoms with E-state index in [1.807, 2.05) is 30.3 Å². The fourth-order valence-corrected chi connectivity index (χ4v) is 2.64. The van der Waals surface area contributed by atoms with Gasteiger partial charge in [-0.25, -0.2) is 0 Å². The average molecular weight is 273 g/mol. The van der Waals surface area contributed by atoms with Gasteiger partial charge in [-0.3, -0.25) is 4.90 Å². The molecule has 1 aromatic heterocycles. The lowest BCUT2D eigenvalue weighted by molar-refractivity contribution is 0.0308. The van der Waals surface area contributed by atoms with Crippen molar-refractivity contribution < 1.29 is 5.11 Å². The minimum atomic E-state index is -0.184. The van der Waals surface area contributed by atoms with Crippen LogP contribution in [0.4, 0.5) is 0 Å². The predicted octanol–water partition coefficient (Wildman–Crippen LogP) is 0.865. The number of benzene rings is 1. The van der Waals surface area contributed by atoms with Gasteiger partial charge in [-0.05, 0) is 34.9 Å². The summed E-state index contributed by atoms with van der Waals surface area (Å²) in [6, 6.07) is 9.90. The zero-order valence-corrected chi connectivity index (χ0v) is 11.6. The highest BCUT2D eigenvalue weighted by Gasteiger charge is 2.25. The maximum Gasteiger partial charge on any atom is 0.170 e. The van der Waals surface area contributed by atoms with Crippen molar-refractivity contribution in [2.45, 2.75) is 26.0 Å². The molecule has 0 radical (unpaired) electrons. The molecule has 106 valence electrons. The van der Waals surface area contributed by atoms with E-state index in [0.717, 1.165) is 31.0 Å². The molecule has 1 aromatic carbocycles. The van der Waals surface area contributed by atoms with Crippen LogP contribution in [0.5, 0.6) is 0 Å². The molecule has 6 heteroatoms. The first-order valence-electron chi connectivity index (χ1n) is 6.97. The zero-order valence-electron chi connectivity index (χ0n) is 11.6. The molecule has 2 atom stereocenters. The van der Waals surface area contributed by atoms with E-state index in [-0.39, 0.29) is 6.10 Å². The number of nitrogens with zero attached hydrogens (tertiary/aromatic N) is 5. The van der Waals surface area contributed by atoms with Crippen LogP contribution in [-0.4, -0.2) is 49.4 Å². The molecule has 2 aromatic rings. The first-order valence-corrected chi connectivity index (χ1v) is 6.97. The number of aliphatic hydroxyl groups excluding tert-OH is 1. The maximum absolute atomic E-state index is 9.78. The van der Waals surface area contributed by atoms with Crippen molar-refractivity contribution in [3.63, 3.8) is 0 Å². The van der Waals surface area contributed by atoms with E-state index in [2.05, 4.69) is 27.3 Å². The SMILES string of the molecule is CC1CN(Cc2nnnn2-c2ccccc2)CCC1O. The molecule has 1 aliphatic rings. The molecule has 1 aliphatic heterocycles. The molecule has 20 heavy (non-hydrogen) atoms. The lowest BCUT2D eigenvalue weighted by Gasteiger charge is -2.33. The number of hydrogen-bond donors (Lipinski definition) is 1. The molecule has 2 heterocycles. The molecular weight excluding hydrogens is 254 g/mol. The summed E-state index contributed by atoms with van der Waals surface area (Å²) in [7, 11) is 0. The van der Waals surface area contributed by atoms with Crippen molar-refractivity contribution in [1.82, 2.24) is 25.1 Å². The van der Waals surface area contributed by atoms with E-state index in [1.54, 1.807) is 4.68 Å². The summed E-state index contributed by atoms with van der Waals surface area (Å²) < 4.78 is 1.77. The van der Waals surface area contributed by atoms with Crippen LogP contribution >= 0.6 is 0 Å². The second kappa shape index (κ2) is 5.68. The predicted molar refractivity (Wildman–Crippen MR) is 74.2 cm³/mol. The summed E-state index contributed by atoms with van der Waals surface area (Å²) in [4.78, 5) is 2.29. The van der Waals surface area contributed by atoms with Crippen molar-refractivity contribution in [2.24, 2.45) is 5.92 Å². The van der Waals surface area contributed by atoms with E-state index < -0.39 is 0 Å². The van der Waals surface area contributed by atoms with Crippen molar-refractivity contribution in [2.75, 3.05) is 13.1 Å². The Balaban J connectivity index is 1.75. The number of aliphatic hydroxyl groups is 1. The molecular formula is C14H19N5O. The molecule has 2 unspecified atom stereocenters. The smallest absolute Gasteiger partial charge is 0.170 e. The number of para-hydroxylation sites is 1. The summed E-state index contributed by atoms with van der Waals surface area (Å²) in [6.45, 7) is 4.55. The molecule has 1 N–H and O–H groups in total. The lowest BCUT2D eigenvalue weighted by atomic mass is 9.97. The maximum atomic E-state index is 9.78. The molecule has 0 amide bonds. The van der Waals surface area contributed by atoms with Crippen molar-refractivity contribution in [3.05, 3.63) is 36.2 Å². The van der Waals surface area contributed by atoms with Crippen LogP contribution in [0.3, 0.4) is 0 Å². The van der Waals surface area contributed by atoms with Gasteiger partial charge in [0.2, 0.25) is 0 Å². The normalized spacial score (nSPS) is 23.9. The van der Waals surface area contributed by atoms with E-state index in [1.165, 1.54) is 0 Å². The summed E-state index contributed by atoms with van der Waals surface area (Å²) in [5.41, 5.74) is 0.970. The molecule has 0 saturated carbocycles. The Kier molecular flexibility index (Phi) is 3.75. The van der Waals surface area contributed by atoms with Crippen LogP contribution in [0.25, 0.3) is 5.69 Å². The summed E-state index contributed by atoms with van der Waals surface area (Å²) in [6.07, 6.45) is 0.630. The highest BCUT2D eigenvalue weighted by atomic mass is 16.3. The monoisotopic (exact) mass is 273 g/mol. The van der Waals surface area contributed by atoms with Crippen molar-refractivity contribution in [1.29, 1.82) is 0 Å². The second-order valence-electron chi connectivity index (χ2n) is 5.41. The average Bonchev–Trinajstić information content (AvgIpc) is 2.92. The van der Waals surface area contributed by atoms with Crippen LogP contribution in [0.15, 0.2) is 30.3 Å². The quantitative estimate of drug-likeness (QED) is 0.898. The highest BCUT2D eigenvalue weighted by molar-refractivity contribution is 5.30. The Bertz CT molecular complexity index is 556. The van der Waals surface area contributed by atoms with Gasteiger partial charge in [0, 0.05) is 13.1 Å². The van der Waals surface area contributed by atoms with E-state index in [0.29, 0.717) is 12.5 Å². The molecule has 6 nitrogen and oxygen atoms in total. The minimum Gasteiger partial charge on any atom is -0.393 e. The third-order valence-electron chi connectivity index (χ3n) is 3.84. The van der Waals surface area contributed by atoms with Crippen LogP contribution in [0.2, 0.25) is 0 Å². The van der Waals surface area contributed by atoms with E-state index in [9.17, 15) is 5.11 Å². The van der Waals surface area contributed by atoms with Crippen molar-refractivity contribution >= 4 is 0 Å². The molecule has 3 rings (SSSR count). The molecule has 1 saturated heterocycles. The van der Waals surface area contributed by atoms with Gasteiger partial charge in [0.15, 0.2) is 5.82 Å². The summed E-state index contributed by atoms with van der Waals surface area (Å²) >= 11 is 0. The van der Waals surface area contributed by atoms with E-state index in [4.69, 9.17) is 0 Å². The standard InChI is InChI=1S/C14H19N5O/c1-11-9-18(8-7-13(11)20)10-14-15-16-17-19(14)12-5-3-2-4-6-12/h2-6,11,13,20H,7-10H2,1H3. The zero-order chi connectivity index (χ0) is 13.9. The van der Waals surface area contributed by atoms with Crippen LogP contribution < -0.4 is 0 Å². The van der Waals surface area contributed by atoms with Crippen LogP contribution in [0, 0.1) is 5.92 Å². The third kappa shape index (κ3) is 2.71. The Morgan fingerprint density at radius 3 is 2.85 bits per heavy atom. The first kappa shape index (κ1) is 13.2. The highest BCUT2D eigenvalue weighted by Crippen LogP contribution is 2.18. The molecule has 0 aliphatic carbocycles. The fourth-order valence-electron chi connectivity index (χ4n) is 2.64. The lowest BCUT2D eigenvalue weighted by Crippen LogP contribution is -2.41. The molecule has 1 fully saturated rings. The topological polar surface area (TPSA) is 67.1 Å². The summed E-state index contributed by atoms with van der Waals surface area (Å²) in [5, 5.41) is 21.8. The van der Waals surface area contributed by atoms with Gasteiger partial charge in [0.25, 0.3) is 0 Å². The Morgan fingerprint density at radius 2 is 2.10 bits per heavy atom. The Labute approximate surface area is 118 Å². The van der Waals surface area contributed by atoms with E-state index >= 15 is 0 Å². The van der Waals surface area contributed by atoms with Gasteiger partial charge in [-0.1, -0.05) is 25.1 Å². The first-order chi connectivity index (χ1) is 9.74. The second-order valence-corrected chi connectivity index (χ2v) is 5.41. The number of piperidine rings is 1. The van der Waals surface area contributed by atoms with Gasteiger partial charge >= 0.3 is 0 Å². The Morgan fingerprint density at radius 1 is 1.30 bits per heavy atom. The van der Waals surface area contributed by atoms with Gasteiger partial charge in [0.05, 0.1) is 18.3 Å². The number of rotatable bonds is 3. The number of aromatic nitrogens is 4. The van der Waals surface area contributed by atoms with Gasteiger partial charge < -0.3 is 5.11 Å². The third-order valence-corrected chi connectivity index (χ3v) is 3.84. The minimum absolute atomic E-state index is 0.184. The van der Waals surface area contributed by atoms with Crippen molar-refractivity contribution in [3.8, 4) is 5.69 Å².